The number of thiazole rings is 1. The lowest BCUT2D eigenvalue weighted by atomic mass is 9.95. The Bertz CT molecular complexity index is 1390. The van der Waals surface area contributed by atoms with Crippen molar-refractivity contribution in [2.45, 2.75) is 13.0 Å². The van der Waals surface area contributed by atoms with Gasteiger partial charge < -0.3 is 5.11 Å². The van der Waals surface area contributed by atoms with Crippen molar-refractivity contribution in [2.75, 3.05) is 4.90 Å². The highest BCUT2D eigenvalue weighted by atomic mass is 32.1. The summed E-state index contributed by atoms with van der Waals surface area (Å²) in [5.74, 6) is -2.39. The van der Waals surface area contributed by atoms with Crippen LogP contribution >= 0.6 is 11.3 Å². The molecule has 158 valence electrons. The van der Waals surface area contributed by atoms with Crippen LogP contribution in [0, 0.1) is 12.7 Å². The quantitative estimate of drug-likeness (QED) is 0.262. The highest BCUT2D eigenvalue weighted by Gasteiger charge is 2.48. The second-order valence-corrected chi connectivity index (χ2v) is 8.56. The molecule has 1 N–H and O–H groups in total. The maximum absolute atomic E-state index is 13.4. The van der Waals surface area contributed by atoms with E-state index in [9.17, 15) is 19.1 Å². The number of Topliss-reactive ketones (excluding diaryl/α,β-unsaturated/α-hetero) is 1. The summed E-state index contributed by atoms with van der Waals surface area (Å²) < 4.78 is 14.3. The molecule has 32 heavy (non-hydrogen) atoms. The Morgan fingerprint density at radius 1 is 1.03 bits per heavy atom. The van der Waals surface area contributed by atoms with E-state index in [0.717, 1.165) is 15.8 Å². The van der Waals surface area contributed by atoms with Crippen LogP contribution in [0.3, 0.4) is 0 Å². The maximum Gasteiger partial charge on any atom is 0.301 e. The molecule has 1 amide bonds. The molecule has 1 aliphatic rings. The largest absolute Gasteiger partial charge is 0.507 e. The Morgan fingerprint density at radius 2 is 1.75 bits per heavy atom. The van der Waals surface area contributed by atoms with E-state index in [-0.39, 0.29) is 16.9 Å². The summed E-state index contributed by atoms with van der Waals surface area (Å²) in [5, 5.41) is 11.4. The smallest absolute Gasteiger partial charge is 0.301 e. The number of carbonyl (C=O) groups is 2. The standard InChI is InChI=1S/C25H17FN2O3S/c1-14-7-12-18-19(13-14)32-25(27-18)28-21(15-5-3-2-4-6-15)20(23(30)24(28)31)22(29)16-8-10-17(26)11-9-16/h2-13,21,29H,1H3/b22-20+/t21-/m1/s1. The second kappa shape index (κ2) is 7.69. The van der Waals surface area contributed by atoms with Gasteiger partial charge in [0, 0.05) is 5.56 Å². The van der Waals surface area contributed by atoms with E-state index in [1.807, 2.05) is 31.2 Å². The van der Waals surface area contributed by atoms with Crippen molar-refractivity contribution in [2.24, 2.45) is 0 Å². The maximum atomic E-state index is 13.4. The van der Waals surface area contributed by atoms with E-state index in [1.54, 1.807) is 24.3 Å². The number of nitrogens with zero attached hydrogens (tertiary/aromatic N) is 2. The highest BCUT2D eigenvalue weighted by Crippen LogP contribution is 2.44. The highest BCUT2D eigenvalue weighted by molar-refractivity contribution is 7.22. The van der Waals surface area contributed by atoms with Crippen molar-refractivity contribution in [3.63, 3.8) is 0 Å². The monoisotopic (exact) mass is 444 g/mol. The van der Waals surface area contributed by atoms with Crippen LogP contribution < -0.4 is 4.90 Å². The Balaban J connectivity index is 1.72. The van der Waals surface area contributed by atoms with Crippen LogP contribution in [0.25, 0.3) is 16.0 Å². The van der Waals surface area contributed by atoms with E-state index >= 15 is 0 Å². The average molecular weight is 444 g/mol. The molecule has 0 bridgehead atoms. The van der Waals surface area contributed by atoms with Gasteiger partial charge in [-0.3, -0.25) is 14.5 Å². The first-order valence-corrected chi connectivity index (χ1v) is 10.7. The van der Waals surface area contributed by atoms with Gasteiger partial charge in [-0.15, -0.1) is 0 Å². The number of carbonyl (C=O) groups excluding carboxylic acids is 2. The van der Waals surface area contributed by atoms with Crippen LogP contribution in [-0.4, -0.2) is 21.8 Å². The first-order valence-electron chi connectivity index (χ1n) is 9.93. The van der Waals surface area contributed by atoms with Gasteiger partial charge in [0.2, 0.25) is 0 Å². The van der Waals surface area contributed by atoms with E-state index in [1.165, 1.54) is 40.5 Å². The zero-order valence-electron chi connectivity index (χ0n) is 16.9. The number of halogens is 1. The van der Waals surface area contributed by atoms with Gasteiger partial charge in [0.1, 0.15) is 11.6 Å². The van der Waals surface area contributed by atoms with Crippen LogP contribution in [0.15, 0.2) is 78.4 Å². The normalized spacial score (nSPS) is 17.9. The Kier molecular flexibility index (Phi) is 4.83. The fourth-order valence-corrected chi connectivity index (χ4v) is 4.96. The Morgan fingerprint density at radius 3 is 2.47 bits per heavy atom. The fourth-order valence-electron chi connectivity index (χ4n) is 3.87. The van der Waals surface area contributed by atoms with Crippen LogP contribution in [0.1, 0.15) is 22.7 Å². The van der Waals surface area contributed by atoms with Gasteiger partial charge in [-0.1, -0.05) is 47.7 Å². The van der Waals surface area contributed by atoms with Gasteiger partial charge >= 0.3 is 5.91 Å². The molecule has 1 aliphatic heterocycles. The van der Waals surface area contributed by atoms with Gasteiger partial charge in [-0.25, -0.2) is 9.37 Å². The topological polar surface area (TPSA) is 70.5 Å². The minimum atomic E-state index is -0.858. The third kappa shape index (κ3) is 3.27. The number of ketones is 1. The molecule has 0 radical (unpaired) electrons. The van der Waals surface area contributed by atoms with Crippen molar-refractivity contribution >= 4 is 44.1 Å². The molecule has 2 heterocycles. The summed E-state index contributed by atoms with van der Waals surface area (Å²) in [6, 6.07) is 19.1. The zero-order chi connectivity index (χ0) is 22.4. The van der Waals surface area contributed by atoms with Crippen molar-refractivity contribution < 1.29 is 19.1 Å². The van der Waals surface area contributed by atoms with Crippen molar-refractivity contribution in [1.82, 2.24) is 4.98 Å². The summed E-state index contributed by atoms with van der Waals surface area (Å²) >= 11 is 1.31. The van der Waals surface area contributed by atoms with E-state index < -0.39 is 23.5 Å². The third-order valence-electron chi connectivity index (χ3n) is 5.42. The number of fused-ring (bicyclic) bond motifs is 1. The minimum Gasteiger partial charge on any atom is -0.507 e. The number of rotatable bonds is 3. The van der Waals surface area contributed by atoms with Gasteiger partial charge in [0.05, 0.1) is 21.8 Å². The molecule has 0 unspecified atom stereocenters. The molecule has 0 saturated carbocycles. The number of hydrogen-bond acceptors (Lipinski definition) is 5. The van der Waals surface area contributed by atoms with Gasteiger partial charge in [0.25, 0.3) is 5.78 Å². The van der Waals surface area contributed by atoms with Crippen LogP contribution in [0.5, 0.6) is 0 Å². The molecule has 0 spiro atoms. The number of aliphatic hydroxyl groups is 1. The number of aliphatic hydroxyl groups excluding tert-OH is 1. The summed E-state index contributed by atoms with van der Waals surface area (Å²) in [4.78, 5) is 32.2. The van der Waals surface area contributed by atoms with E-state index in [2.05, 4.69) is 4.98 Å². The molecule has 1 aromatic heterocycles. The first kappa shape index (κ1) is 20.1. The lowest BCUT2D eigenvalue weighted by Gasteiger charge is -2.22. The summed E-state index contributed by atoms with van der Waals surface area (Å²) in [5.41, 5.74) is 2.65. The minimum absolute atomic E-state index is 0.0526. The van der Waals surface area contributed by atoms with Gasteiger partial charge in [-0.2, -0.15) is 0 Å². The molecule has 5 nitrogen and oxygen atoms in total. The molecular weight excluding hydrogens is 427 g/mol. The number of anilines is 1. The predicted octanol–water partition coefficient (Wildman–Crippen LogP) is 5.37. The first-order chi connectivity index (χ1) is 15.4. The molecule has 1 atom stereocenters. The van der Waals surface area contributed by atoms with Gasteiger partial charge in [0.15, 0.2) is 5.13 Å². The SMILES string of the molecule is Cc1ccc2nc(N3C(=O)C(=O)/C(=C(/O)c4ccc(F)cc4)[C@H]3c3ccccc3)sc2c1. The van der Waals surface area contributed by atoms with E-state index in [0.29, 0.717) is 10.7 Å². The van der Waals surface area contributed by atoms with Crippen molar-refractivity contribution in [3.05, 3.63) is 101 Å². The number of amides is 1. The average Bonchev–Trinajstić information content (AvgIpc) is 3.32. The molecule has 0 aliphatic carbocycles. The number of aromatic nitrogens is 1. The number of aryl methyl sites for hydroxylation is 1. The molecule has 5 rings (SSSR count). The summed E-state index contributed by atoms with van der Waals surface area (Å²) in [6.07, 6.45) is 0. The van der Waals surface area contributed by atoms with E-state index in [4.69, 9.17) is 0 Å². The third-order valence-corrected chi connectivity index (χ3v) is 6.43. The molecule has 1 saturated heterocycles. The molecule has 4 aromatic rings. The molecule has 3 aromatic carbocycles. The summed E-state index contributed by atoms with van der Waals surface area (Å²) in [7, 11) is 0. The lowest BCUT2D eigenvalue weighted by Crippen LogP contribution is -2.29. The van der Waals surface area contributed by atoms with Gasteiger partial charge in [-0.05, 0) is 54.4 Å². The second-order valence-electron chi connectivity index (χ2n) is 7.55. The molecular formula is C25H17FN2O3S. The van der Waals surface area contributed by atoms with Crippen molar-refractivity contribution in [1.29, 1.82) is 0 Å². The number of hydrogen-bond donors (Lipinski definition) is 1. The molecule has 1 fully saturated rings. The van der Waals surface area contributed by atoms with Crippen LogP contribution in [0.4, 0.5) is 9.52 Å². The molecule has 7 heteroatoms. The Hall–Kier alpha value is -3.84. The Labute approximate surface area is 187 Å². The lowest BCUT2D eigenvalue weighted by molar-refractivity contribution is -0.132. The predicted molar refractivity (Wildman–Crippen MR) is 122 cm³/mol. The zero-order valence-corrected chi connectivity index (χ0v) is 17.8. The van der Waals surface area contributed by atoms with Crippen LogP contribution in [0.2, 0.25) is 0 Å². The number of benzene rings is 3. The van der Waals surface area contributed by atoms with Crippen LogP contribution in [-0.2, 0) is 9.59 Å². The van der Waals surface area contributed by atoms with Crippen molar-refractivity contribution in [3.8, 4) is 0 Å². The fraction of sp³-hybridized carbons (Fsp3) is 0.0800. The summed E-state index contributed by atoms with van der Waals surface area (Å²) in [6.45, 7) is 1.97.